The molecule has 19 heavy (non-hydrogen) atoms. The summed E-state index contributed by atoms with van der Waals surface area (Å²) in [6.45, 7) is 7.45. The van der Waals surface area contributed by atoms with Crippen LogP contribution in [-0.2, 0) is 23.9 Å². The van der Waals surface area contributed by atoms with E-state index in [0.717, 1.165) is 12.7 Å². The van der Waals surface area contributed by atoms with Gasteiger partial charge in [0, 0.05) is 23.3 Å². The number of fused-ring (bicyclic) bond motifs is 2. The molecule has 104 valence electrons. The summed E-state index contributed by atoms with van der Waals surface area (Å²) in [5.74, 6) is -0.486. The van der Waals surface area contributed by atoms with Crippen LogP contribution >= 0.6 is 0 Å². The zero-order valence-corrected chi connectivity index (χ0v) is 11.1. The molecule has 2 aliphatic rings. The molecule has 5 nitrogen and oxygen atoms in total. The molecule has 0 aromatic heterocycles. The maximum atomic E-state index is 11.6. The van der Waals surface area contributed by atoms with Gasteiger partial charge in [-0.2, -0.15) is 0 Å². The normalized spacial score (nSPS) is 39.7. The van der Waals surface area contributed by atoms with Gasteiger partial charge in [0.15, 0.2) is 0 Å². The molecule has 0 N–H and O–H groups in total. The maximum absolute atomic E-state index is 11.6. The van der Waals surface area contributed by atoms with Crippen LogP contribution in [0.15, 0.2) is 12.2 Å². The third kappa shape index (κ3) is 2.17. The summed E-state index contributed by atoms with van der Waals surface area (Å²) in [6.07, 6.45) is 0.688. The fourth-order valence-electron chi connectivity index (χ4n) is 3.48. The van der Waals surface area contributed by atoms with E-state index in [2.05, 4.69) is 6.58 Å². The first-order chi connectivity index (χ1) is 9.01. The predicted octanol–water partition coefficient (Wildman–Crippen LogP) is 1.12. The molecule has 0 spiro atoms. The first kappa shape index (κ1) is 13.8. The molecule has 2 bridgehead atoms. The fourth-order valence-corrected chi connectivity index (χ4v) is 3.48. The van der Waals surface area contributed by atoms with E-state index in [1.165, 1.54) is 0 Å². The van der Waals surface area contributed by atoms with Gasteiger partial charge in [0.2, 0.25) is 0 Å². The van der Waals surface area contributed by atoms with Crippen LogP contribution in [0.3, 0.4) is 0 Å². The summed E-state index contributed by atoms with van der Waals surface area (Å²) in [7, 11) is 0. The Labute approximate surface area is 111 Å². The van der Waals surface area contributed by atoms with Crippen LogP contribution in [-0.4, -0.2) is 30.9 Å². The zero-order valence-electron chi connectivity index (χ0n) is 11.1. The van der Waals surface area contributed by atoms with Gasteiger partial charge in [-0.15, -0.1) is 0 Å². The Morgan fingerprint density at radius 3 is 2.47 bits per heavy atom. The molecule has 2 aliphatic carbocycles. The van der Waals surface area contributed by atoms with Crippen LogP contribution in [0, 0.1) is 23.7 Å². The molecular weight excluding hydrogens is 248 g/mol. The fraction of sp³-hybridized carbons (Fsp3) is 0.643. The summed E-state index contributed by atoms with van der Waals surface area (Å²) in [5.41, 5.74) is 0.295. The highest BCUT2D eigenvalue weighted by Crippen LogP contribution is 2.53. The van der Waals surface area contributed by atoms with Crippen LogP contribution in [0.25, 0.3) is 0 Å². The Kier molecular flexibility index (Phi) is 3.73. The summed E-state index contributed by atoms with van der Waals surface area (Å²) in [6, 6.07) is 0. The van der Waals surface area contributed by atoms with Crippen molar-refractivity contribution in [3.05, 3.63) is 12.2 Å². The minimum atomic E-state index is -0.536. The van der Waals surface area contributed by atoms with Crippen LogP contribution < -0.4 is 0 Å². The molecule has 0 radical (unpaired) electrons. The Balaban J connectivity index is 2.19. The van der Waals surface area contributed by atoms with Crippen molar-refractivity contribution in [1.82, 2.24) is 0 Å². The van der Waals surface area contributed by atoms with Crippen molar-refractivity contribution < 1.29 is 23.9 Å². The molecule has 0 aliphatic heterocycles. The molecule has 0 aromatic rings. The van der Waals surface area contributed by atoms with Crippen molar-refractivity contribution in [3.8, 4) is 0 Å². The van der Waals surface area contributed by atoms with Gasteiger partial charge in [0.1, 0.15) is 18.5 Å². The van der Waals surface area contributed by atoms with E-state index >= 15 is 0 Å². The van der Waals surface area contributed by atoms with Crippen LogP contribution in [0.2, 0.25) is 0 Å². The molecule has 2 rings (SSSR count). The van der Waals surface area contributed by atoms with E-state index in [4.69, 9.17) is 9.47 Å². The van der Waals surface area contributed by atoms with Gasteiger partial charge >= 0.3 is 5.97 Å². The zero-order chi connectivity index (χ0) is 14.2. The molecule has 6 atom stereocenters. The first-order valence-corrected chi connectivity index (χ1v) is 6.42. The second kappa shape index (κ2) is 5.15. The van der Waals surface area contributed by atoms with Gasteiger partial charge in [-0.3, -0.25) is 4.79 Å². The van der Waals surface area contributed by atoms with E-state index in [0.29, 0.717) is 12.0 Å². The van der Waals surface area contributed by atoms with Gasteiger partial charge in [-0.05, 0) is 19.3 Å². The van der Waals surface area contributed by atoms with Gasteiger partial charge in [-0.1, -0.05) is 13.5 Å². The lowest BCUT2D eigenvalue weighted by molar-refractivity contribution is -0.167. The Hall–Kier alpha value is -1.65. The van der Waals surface area contributed by atoms with Crippen molar-refractivity contribution in [1.29, 1.82) is 0 Å². The number of ether oxygens (including phenoxy) is 2. The first-order valence-electron chi connectivity index (χ1n) is 6.42. The molecule has 0 aromatic carbocycles. The highest BCUT2D eigenvalue weighted by atomic mass is 16.6. The van der Waals surface area contributed by atoms with Gasteiger partial charge in [0.05, 0.1) is 0 Å². The van der Waals surface area contributed by atoms with E-state index in [9.17, 15) is 14.4 Å². The van der Waals surface area contributed by atoms with Crippen molar-refractivity contribution in [2.24, 2.45) is 23.7 Å². The Morgan fingerprint density at radius 2 is 1.95 bits per heavy atom. The highest BCUT2D eigenvalue weighted by molar-refractivity contribution is 5.87. The summed E-state index contributed by atoms with van der Waals surface area (Å²) in [5, 5.41) is 0. The monoisotopic (exact) mass is 266 g/mol. The minimum Gasteiger partial charge on any atom is -0.460 e. The number of hydrogen-bond donors (Lipinski definition) is 0. The van der Waals surface area contributed by atoms with E-state index in [1.54, 1.807) is 6.92 Å². The van der Waals surface area contributed by atoms with Crippen molar-refractivity contribution >= 4 is 18.7 Å². The number of aldehydes is 1. The maximum Gasteiger partial charge on any atom is 0.333 e. The minimum absolute atomic E-state index is 0.0641. The van der Waals surface area contributed by atoms with Crippen molar-refractivity contribution in [2.75, 3.05) is 0 Å². The molecule has 0 heterocycles. The van der Waals surface area contributed by atoms with Crippen LogP contribution in [0.4, 0.5) is 0 Å². The molecule has 5 heteroatoms. The number of carbonyl (C=O) groups excluding carboxylic acids is 3. The summed E-state index contributed by atoms with van der Waals surface area (Å²) >= 11 is 0. The van der Waals surface area contributed by atoms with E-state index < -0.39 is 18.2 Å². The third-order valence-electron chi connectivity index (χ3n) is 4.45. The largest absolute Gasteiger partial charge is 0.460 e. The molecule has 2 fully saturated rings. The molecule has 0 amide bonds. The second-order valence-corrected chi connectivity index (χ2v) is 5.48. The standard InChI is InChI=1S/C14H18O5/c1-7(2)14(17)19-13-10-4-9(12(13)18-6-16)8(3)11(10)5-15/h5-6,8-13H,1,4H2,2-3H3. The highest BCUT2D eigenvalue weighted by Gasteiger charge is 2.59. The van der Waals surface area contributed by atoms with Gasteiger partial charge < -0.3 is 14.3 Å². The molecule has 2 saturated carbocycles. The molecule has 0 saturated heterocycles. The SMILES string of the molecule is C=C(C)C(=O)OC1C2CC(C(C)C2C=O)C1OC=O. The lowest BCUT2D eigenvalue weighted by Gasteiger charge is -2.35. The number of esters is 1. The lowest BCUT2D eigenvalue weighted by atomic mass is 9.78. The van der Waals surface area contributed by atoms with Crippen molar-refractivity contribution in [2.45, 2.75) is 32.5 Å². The van der Waals surface area contributed by atoms with Crippen LogP contribution in [0.5, 0.6) is 0 Å². The summed E-state index contributed by atoms with van der Waals surface area (Å²) in [4.78, 5) is 33.4. The Morgan fingerprint density at radius 1 is 1.26 bits per heavy atom. The molecular formula is C14H18O5. The number of hydrogen-bond acceptors (Lipinski definition) is 5. The number of carbonyl (C=O) groups is 3. The van der Waals surface area contributed by atoms with Crippen molar-refractivity contribution in [3.63, 3.8) is 0 Å². The van der Waals surface area contributed by atoms with E-state index in [-0.39, 0.29) is 23.7 Å². The third-order valence-corrected chi connectivity index (χ3v) is 4.45. The number of rotatable bonds is 5. The second-order valence-electron chi connectivity index (χ2n) is 5.48. The summed E-state index contributed by atoms with van der Waals surface area (Å²) < 4.78 is 10.5. The molecule has 6 unspecified atom stereocenters. The smallest absolute Gasteiger partial charge is 0.333 e. The van der Waals surface area contributed by atoms with Crippen LogP contribution in [0.1, 0.15) is 20.3 Å². The average molecular weight is 266 g/mol. The quantitative estimate of drug-likeness (QED) is 0.423. The lowest BCUT2D eigenvalue weighted by Crippen LogP contribution is -2.45. The van der Waals surface area contributed by atoms with Gasteiger partial charge in [-0.25, -0.2) is 4.79 Å². The van der Waals surface area contributed by atoms with Gasteiger partial charge in [0.25, 0.3) is 6.47 Å². The Bertz CT molecular complexity index is 414. The predicted molar refractivity (Wildman–Crippen MR) is 65.9 cm³/mol. The van der Waals surface area contributed by atoms with E-state index in [1.807, 2.05) is 6.92 Å². The average Bonchev–Trinajstić information content (AvgIpc) is 2.86. The topological polar surface area (TPSA) is 69.7 Å².